The topological polar surface area (TPSA) is 49.6 Å². The molecule has 1 saturated heterocycles. The molecule has 1 aliphatic heterocycles. The molecule has 0 spiro atoms. The molecule has 4 rings (SSSR count). The second-order valence-corrected chi connectivity index (χ2v) is 8.45. The summed E-state index contributed by atoms with van der Waals surface area (Å²) in [6.45, 7) is 4.59. The van der Waals surface area contributed by atoms with Crippen molar-refractivity contribution in [2.45, 2.75) is 38.3 Å². The second-order valence-electron chi connectivity index (χ2n) is 8.02. The molecule has 2 N–H and O–H groups in total. The molecule has 3 fully saturated rings. The highest BCUT2D eigenvalue weighted by Gasteiger charge is 2.50. The zero-order valence-electron chi connectivity index (χ0n) is 15.6. The zero-order valence-corrected chi connectivity index (χ0v) is 17.9. The van der Waals surface area contributed by atoms with Gasteiger partial charge in [0.1, 0.15) is 0 Å². The molecule has 27 heavy (non-hydrogen) atoms. The first-order chi connectivity index (χ1) is 12.1. The third-order valence-electron chi connectivity index (χ3n) is 6.49. The maximum atomic E-state index is 13.1. The summed E-state index contributed by atoms with van der Waals surface area (Å²) in [6.07, 6.45) is 4.64. The molecule has 1 aromatic carbocycles. The number of amides is 1. The van der Waals surface area contributed by atoms with Gasteiger partial charge in [-0.05, 0) is 55.2 Å². The van der Waals surface area contributed by atoms with Crippen molar-refractivity contribution in [1.29, 1.82) is 0 Å². The molecule has 2 saturated carbocycles. The fourth-order valence-corrected chi connectivity index (χ4v) is 5.24. The summed E-state index contributed by atoms with van der Waals surface area (Å²) in [5.74, 6) is 1.54. The van der Waals surface area contributed by atoms with Gasteiger partial charge < -0.3 is 10.6 Å². The lowest BCUT2D eigenvalue weighted by atomic mass is 9.84. The third-order valence-corrected chi connectivity index (χ3v) is 6.74. The minimum atomic E-state index is 0. The van der Waals surface area contributed by atoms with E-state index in [2.05, 4.69) is 21.9 Å². The van der Waals surface area contributed by atoms with Gasteiger partial charge in [-0.15, -0.1) is 24.8 Å². The van der Waals surface area contributed by atoms with Crippen molar-refractivity contribution in [1.82, 2.24) is 9.80 Å². The van der Waals surface area contributed by atoms with Gasteiger partial charge in [0.15, 0.2) is 0 Å². The van der Waals surface area contributed by atoms with E-state index < -0.39 is 0 Å². The molecule has 3 aliphatic rings. The van der Waals surface area contributed by atoms with Crippen LogP contribution in [-0.4, -0.2) is 47.9 Å². The summed E-state index contributed by atoms with van der Waals surface area (Å²) in [5.41, 5.74) is 7.66. The Morgan fingerprint density at radius 2 is 1.74 bits per heavy atom. The molecule has 2 aliphatic carbocycles. The Morgan fingerprint density at radius 1 is 1.04 bits per heavy atom. The largest absolute Gasteiger partial charge is 0.341 e. The van der Waals surface area contributed by atoms with Gasteiger partial charge >= 0.3 is 0 Å². The van der Waals surface area contributed by atoms with E-state index in [1.807, 2.05) is 12.1 Å². The standard InChI is InChI=1S/C20H28ClN3O.2ClH/c21-17-6-2-14(3-7-17)13-23-8-1-9-24(11-10-23)20(25)18-15-4-5-16(12-15)19(18)22;;/h2-3,6-7,15-16,18-19H,1,4-5,8-13,22H2;2*1H. The SMILES string of the molecule is Cl.Cl.NC1C2CCC(C2)C1C(=O)N1CCCN(Cc2ccc(Cl)cc2)CC1. The summed E-state index contributed by atoms with van der Waals surface area (Å²) in [5, 5.41) is 0.776. The van der Waals surface area contributed by atoms with Crippen LogP contribution >= 0.6 is 36.4 Å². The fourth-order valence-electron chi connectivity index (χ4n) is 5.11. The predicted octanol–water partition coefficient (Wildman–Crippen LogP) is 3.59. The van der Waals surface area contributed by atoms with E-state index in [1.165, 1.54) is 24.8 Å². The highest BCUT2D eigenvalue weighted by Crippen LogP contribution is 2.48. The Hall–Kier alpha value is -0.520. The maximum Gasteiger partial charge on any atom is 0.227 e. The van der Waals surface area contributed by atoms with Gasteiger partial charge in [-0.25, -0.2) is 0 Å². The quantitative estimate of drug-likeness (QED) is 0.791. The van der Waals surface area contributed by atoms with Gasteiger partial charge in [0.2, 0.25) is 5.91 Å². The molecule has 0 radical (unpaired) electrons. The van der Waals surface area contributed by atoms with Crippen LogP contribution in [0.5, 0.6) is 0 Å². The number of benzene rings is 1. The predicted molar refractivity (Wildman–Crippen MR) is 115 cm³/mol. The Morgan fingerprint density at radius 3 is 2.41 bits per heavy atom. The van der Waals surface area contributed by atoms with E-state index in [0.29, 0.717) is 17.7 Å². The van der Waals surface area contributed by atoms with Crippen LogP contribution < -0.4 is 5.73 Å². The number of rotatable bonds is 3. The lowest BCUT2D eigenvalue weighted by Crippen LogP contribution is -2.48. The third kappa shape index (κ3) is 4.91. The number of nitrogens with two attached hydrogens (primary N) is 1. The molecule has 4 unspecified atom stereocenters. The van der Waals surface area contributed by atoms with E-state index in [0.717, 1.165) is 44.2 Å². The van der Waals surface area contributed by atoms with Gasteiger partial charge in [0.05, 0.1) is 5.92 Å². The Balaban J connectivity index is 0.00000131. The highest BCUT2D eigenvalue weighted by molar-refractivity contribution is 6.30. The molecule has 152 valence electrons. The Kier molecular flexibility index (Phi) is 8.26. The van der Waals surface area contributed by atoms with Gasteiger partial charge in [-0.2, -0.15) is 0 Å². The van der Waals surface area contributed by atoms with Crippen LogP contribution in [0.15, 0.2) is 24.3 Å². The fraction of sp³-hybridized carbons (Fsp3) is 0.650. The van der Waals surface area contributed by atoms with Gasteiger partial charge in [0, 0.05) is 43.8 Å². The second kappa shape index (κ2) is 9.80. The summed E-state index contributed by atoms with van der Waals surface area (Å²) >= 11 is 5.97. The van der Waals surface area contributed by atoms with E-state index in [1.54, 1.807) is 0 Å². The summed E-state index contributed by atoms with van der Waals surface area (Å²) in [6, 6.07) is 8.16. The van der Waals surface area contributed by atoms with Crippen LogP contribution in [0.3, 0.4) is 0 Å². The molecule has 2 bridgehead atoms. The molecule has 1 aromatic rings. The van der Waals surface area contributed by atoms with E-state index >= 15 is 0 Å². The highest BCUT2D eigenvalue weighted by atomic mass is 35.5. The normalized spacial score (nSPS) is 30.4. The number of carbonyl (C=O) groups excluding carboxylic acids is 1. The molecular formula is C20H30Cl3N3O. The van der Waals surface area contributed by atoms with Crippen molar-refractivity contribution in [3.05, 3.63) is 34.9 Å². The van der Waals surface area contributed by atoms with Crippen molar-refractivity contribution >= 4 is 42.3 Å². The summed E-state index contributed by atoms with van der Waals surface area (Å²) in [4.78, 5) is 17.6. The number of halogens is 3. The van der Waals surface area contributed by atoms with Crippen molar-refractivity contribution in [2.75, 3.05) is 26.2 Å². The first-order valence-electron chi connectivity index (χ1n) is 9.63. The lowest BCUT2D eigenvalue weighted by Gasteiger charge is -2.32. The van der Waals surface area contributed by atoms with Crippen molar-refractivity contribution in [2.24, 2.45) is 23.5 Å². The zero-order chi connectivity index (χ0) is 17.4. The monoisotopic (exact) mass is 433 g/mol. The lowest BCUT2D eigenvalue weighted by molar-refractivity contribution is -0.137. The molecular weight excluding hydrogens is 405 g/mol. The van der Waals surface area contributed by atoms with Gasteiger partial charge in [0.25, 0.3) is 0 Å². The molecule has 4 nitrogen and oxygen atoms in total. The molecule has 7 heteroatoms. The van der Waals surface area contributed by atoms with Crippen LogP contribution in [0.4, 0.5) is 0 Å². The van der Waals surface area contributed by atoms with Crippen LogP contribution in [0.25, 0.3) is 0 Å². The number of nitrogens with zero attached hydrogens (tertiary/aromatic N) is 2. The average Bonchev–Trinajstić information content (AvgIpc) is 3.11. The molecule has 1 heterocycles. The number of carbonyl (C=O) groups is 1. The van der Waals surface area contributed by atoms with E-state index in [4.69, 9.17) is 17.3 Å². The van der Waals surface area contributed by atoms with Crippen LogP contribution in [0, 0.1) is 17.8 Å². The maximum absolute atomic E-state index is 13.1. The minimum absolute atomic E-state index is 0. The van der Waals surface area contributed by atoms with Gasteiger partial charge in [-0.3, -0.25) is 9.69 Å². The van der Waals surface area contributed by atoms with Crippen molar-refractivity contribution in [3.8, 4) is 0 Å². The average molecular weight is 435 g/mol. The molecule has 4 atom stereocenters. The van der Waals surface area contributed by atoms with E-state index in [-0.39, 0.29) is 36.8 Å². The number of fused-ring (bicyclic) bond motifs is 2. The molecule has 0 aromatic heterocycles. The first kappa shape index (κ1) is 22.8. The van der Waals surface area contributed by atoms with E-state index in [9.17, 15) is 4.79 Å². The number of hydrogen-bond acceptors (Lipinski definition) is 3. The van der Waals surface area contributed by atoms with Gasteiger partial charge in [-0.1, -0.05) is 23.7 Å². The summed E-state index contributed by atoms with van der Waals surface area (Å²) in [7, 11) is 0. The van der Waals surface area contributed by atoms with Crippen molar-refractivity contribution in [3.63, 3.8) is 0 Å². The Labute approximate surface area is 179 Å². The molecule has 1 amide bonds. The van der Waals surface area contributed by atoms with Crippen LogP contribution in [0.2, 0.25) is 5.02 Å². The number of hydrogen-bond donors (Lipinski definition) is 1. The Bertz CT molecular complexity index is 625. The minimum Gasteiger partial charge on any atom is -0.341 e. The smallest absolute Gasteiger partial charge is 0.227 e. The summed E-state index contributed by atoms with van der Waals surface area (Å²) < 4.78 is 0. The van der Waals surface area contributed by atoms with Crippen LogP contribution in [0.1, 0.15) is 31.2 Å². The van der Waals surface area contributed by atoms with Crippen molar-refractivity contribution < 1.29 is 4.79 Å². The first-order valence-corrected chi connectivity index (χ1v) is 10.0. The van der Waals surface area contributed by atoms with Crippen LogP contribution in [-0.2, 0) is 11.3 Å².